The molecule has 2 saturated carbocycles. The molecule has 2 fully saturated rings. The Kier molecular flexibility index (Phi) is 9.11. The second-order valence-corrected chi connectivity index (χ2v) is 11.9. The van der Waals surface area contributed by atoms with Gasteiger partial charge in [-0.25, -0.2) is 9.97 Å². The first kappa shape index (κ1) is 27.3. The Morgan fingerprint density at radius 3 is 2.32 bits per heavy atom. The number of pyridine rings is 2. The second-order valence-electron chi connectivity index (χ2n) is 11.5. The predicted molar refractivity (Wildman–Crippen MR) is 158 cm³/mol. The van der Waals surface area contributed by atoms with E-state index in [-0.39, 0.29) is 0 Å². The summed E-state index contributed by atoms with van der Waals surface area (Å²) in [4.78, 5) is 12.3. The number of aromatic nitrogens is 3. The Hall–Kier alpha value is -2.31. The van der Waals surface area contributed by atoms with Crippen molar-refractivity contribution in [3.05, 3.63) is 35.7 Å². The number of hydrogen-bond acceptors (Lipinski definition) is 5. The molecule has 2 aliphatic rings. The molecule has 2 aliphatic carbocycles. The predicted octanol–water partition coefficient (Wildman–Crippen LogP) is 7.98. The number of hydrogen-bond donors (Lipinski definition) is 3. The Morgan fingerprint density at radius 1 is 0.974 bits per heavy atom. The van der Waals surface area contributed by atoms with Gasteiger partial charge >= 0.3 is 0 Å². The van der Waals surface area contributed by atoms with E-state index >= 15 is 0 Å². The summed E-state index contributed by atoms with van der Waals surface area (Å²) in [5.41, 5.74) is 2.90. The zero-order chi connectivity index (χ0) is 26.5. The molecule has 3 aromatic heterocycles. The first-order valence-electron chi connectivity index (χ1n) is 14.8. The lowest BCUT2D eigenvalue weighted by Gasteiger charge is -2.35. The van der Waals surface area contributed by atoms with Crippen molar-refractivity contribution in [1.29, 1.82) is 0 Å². The van der Waals surface area contributed by atoms with Crippen molar-refractivity contribution < 1.29 is 4.74 Å². The Morgan fingerprint density at radius 2 is 1.66 bits per heavy atom. The van der Waals surface area contributed by atoms with Crippen LogP contribution in [0.15, 0.2) is 30.6 Å². The van der Waals surface area contributed by atoms with Gasteiger partial charge < -0.3 is 20.4 Å². The number of fused-ring (bicyclic) bond motifs is 1. The molecular formula is C31H44ClN5O. The van der Waals surface area contributed by atoms with Crippen molar-refractivity contribution in [1.82, 2.24) is 20.3 Å². The van der Waals surface area contributed by atoms with Crippen molar-refractivity contribution in [3.63, 3.8) is 0 Å². The first-order valence-corrected chi connectivity index (χ1v) is 15.1. The van der Waals surface area contributed by atoms with Gasteiger partial charge in [0.25, 0.3) is 0 Å². The van der Waals surface area contributed by atoms with Crippen LogP contribution in [-0.4, -0.2) is 40.2 Å². The third-order valence-corrected chi connectivity index (χ3v) is 9.21. The summed E-state index contributed by atoms with van der Waals surface area (Å²) < 4.78 is 5.38. The smallest absolute Gasteiger partial charge is 0.138 e. The maximum absolute atomic E-state index is 6.47. The molecular weight excluding hydrogens is 494 g/mol. The van der Waals surface area contributed by atoms with Crippen LogP contribution < -0.4 is 15.4 Å². The summed E-state index contributed by atoms with van der Waals surface area (Å²) in [6, 6.07) is 7.93. The summed E-state index contributed by atoms with van der Waals surface area (Å²) in [5.74, 6) is 3.38. The standard InChI is InChI=1S/C31H44ClN5O/c1-4-23(5-2)35-24-10-6-20(7-11-24)14-21-8-12-25(13-9-21)36-30-16-22(15-29(32)37-30)28-19-34-31-27(28)17-26(38-3)18-33-31/h15-21,23-25,35H,4-14H2,1-3H3,(H,33,34)(H,36,37). The molecule has 3 aromatic rings. The number of anilines is 1. The summed E-state index contributed by atoms with van der Waals surface area (Å²) in [6.07, 6.45) is 18.2. The molecule has 38 heavy (non-hydrogen) atoms. The first-order chi connectivity index (χ1) is 18.5. The number of ether oxygens (including phenoxy) is 1. The number of aromatic amines is 1. The van der Waals surface area contributed by atoms with Gasteiger partial charge in [0, 0.05) is 35.3 Å². The van der Waals surface area contributed by atoms with Crippen LogP contribution in [0.25, 0.3) is 22.2 Å². The molecule has 7 heteroatoms. The maximum Gasteiger partial charge on any atom is 0.138 e. The van der Waals surface area contributed by atoms with Gasteiger partial charge in [-0.15, -0.1) is 0 Å². The fourth-order valence-electron chi connectivity index (χ4n) is 6.71. The van der Waals surface area contributed by atoms with E-state index in [1.807, 2.05) is 18.3 Å². The molecule has 5 rings (SSSR count). The second kappa shape index (κ2) is 12.7. The minimum atomic E-state index is 0.453. The molecule has 0 aromatic carbocycles. The Labute approximate surface area is 232 Å². The van der Waals surface area contributed by atoms with E-state index in [1.54, 1.807) is 13.3 Å². The van der Waals surface area contributed by atoms with Gasteiger partial charge in [0.1, 0.15) is 22.4 Å². The molecule has 0 saturated heterocycles. The number of H-pyrrole nitrogens is 1. The molecule has 206 valence electrons. The SMILES string of the molecule is CCC(CC)NC1CCC(CC2CCC(Nc3cc(-c4c[nH]c5ncc(OC)cc45)cc(Cl)n3)CC2)CC1. The molecule has 3 N–H and O–H groups in total. The zero-order valence-corrected chi connectivity index (χ0v) is 24.0. The lowest BCUT2D eigenvalue weighted by molar-refractivity contribution is 0.210. The number of nitrogens with one attached hydrogen (secondary N) is 3. The van der Waals surface area contributed by atoms with Crippen molar-refractivity contribution >= 4 is 28.5 Å². The monoisotopic (exact) mass is 537 g/mol. The minimum absolute atomic E-state index is 0.453. The van der Waals surface area contributed by atoms with Gasteiger partial charge in [-0.05, 0) is 106 Å². The van der Waals surface area contributed by atoms with Crippen molar-refractivity contribution in [2.45, 2.75) is 103 Å². The zero-order valence-electron chi connectivity index (χ0n) is 23.2. The van der Waals surface area contributed by atoms with E-state index < -0.39 is 0 Å². The fourth-order valence-corrected chi connectivity index (χ4v) is 6.92. The van der Waals surface area contributed by atoms with Gasteiger partial charge in [0.15, 0.2) is 0 Å². The summed E-state index contributed by atoms with van der Waals surface area (Å²) in [6.45, 7) is 4.61. The van der Waals surface area contributed by atoms with E-state index in [9.17, 15) is 0 Å². The average Bonchev–Trinajstić information content (AvgIpc) is 3.37. The van der Waals surface area contributed by atoms with E-state index in [4.69, 9.17) is 16.3 Å². The number of nitrogens with zero attached hydrogens (tertiary/aromatic N) is 2. The van der Waals surface area contributed by atoms with E-state index in [0.29, 0.717) is 17.2 Å². The average molecular weight is 538 g/mol. The third-order valence-electron chi connectivity index (χ3n) is 9.02. The van der Waals surface area contributed by atoms with Crippen LogP contribution in [0.2, 0.25) is 5.15 Å². The van der Waals surface area contributed by atoms with Gasteiger partial charge in [-0.2, -0.15) is 0 Å². The van der Waals surface area contributed by atoms with Gasteiger partial charge in [-0.1, -0.05) is 25.4 Å². The van der Waals surface area contributed by atoms with Crippen LogP contribution >= 0.6 is 11.6 Å². The highest BCUT2D eigenvalue weighted by atomic mass is 35.5. The summed E-state index contributed by atoms with van der Waals surface area (Å²) >= 11 is 6.47. The lowest BCUT2D eigenvalue weighted by atomic mass is 9.75. The number of methoxy groups -OCH3 is 1. The summed E-state index contributed by atoms with van der Waals surface area (Å²) in [5, 5.41) is 9.12. The van der Waals surface area contributed by atoms with E-state index in [0.717, 1.165) is 51.6 Å². The number of halogens is 1. The van der Waals surface area contributed by atoms with Gasteiger partial charge in [0.05, 0.1) is 13.3 Å². The Bertz CT molecular complexity index is 1180. The quantitative estimate of drug-likeness (QED) is 0.228. The topological polar surface area (TPSA) is 74.9 Å². The number of rotatable bonds is 10. The lowest BCUT2D eigenvalue weighted by Crippen LogP contribution is -2.40. The maximum atomic E-state index is 6.47. The molecule has 3 heterocycles. The van der Waals surface area contributed by atoms with Crippen LogP contribution in [-0.2, 0) is 0 Å². The molecule has 6 nitrogen and oxygen atoms in total. The molecule has 0 bridgehead atoms. The molecule has 0 atom stereocenters. The molecule has 0 unspecified atom stereocenters. The van der Waals surface area contributed by atoms with Crippen LogP contribution in [0.4, 0.5) is 5.82 Å². The van der Waals surface area contributed by atoms with Crippen molar-refractivity contribution in [2.24, 2.45) is 11.8 Å². The van der Waals surface area contributed by atoms with Gasteiger partial charge in [-0.3, -0.25) is 0 Å². The molecule has 0 amide bonds. The normalized spacial score (nSPS) is 24.1. The third kappa shape index (κ3) is 6.63. The highest BCUT2D eigenvalue weighted by Gasteiger charge is 2.27. The fraction of sp³-hybridized carbons (Fsp3) is 0.613. The van der Waals surface area contributed by atoms with Crippen LogP contribution in [0.5, 0.6) is 5.75 Å². The highest BCUT2D eigenvalue weighted by molar-refractivity contribution is 6.29. The largest absolute Gasteiger partial charge is 0.495 e. The van der Waals surface area contributed by atoms with E-state index in [1.165, 1.54) is 70.6 Å². The Balaban J connectivity index is 1.13. The molecule has 0 aliphatic heterocycles. The highest BCUT2D eigenvalue weighted by Crippen LogP contribution is 2.37. The minimum Gasteiger partial charge on any atom is -0.495 e. The van der Waals surface area contributed by atoms with E-state index in [2.05, 4.69) is 45.5 Å². The molecule has 0 spiro atoms. The van der Waals surface area contributed by atoms with Crippen LogP contribution in [0.3, 0.4) is 0 Å². The van der Waals surface area contributed by atoms with Gasteiger partial charge in [0.2, 0.25) is 0 Å². The van der Waals surface area contributed by atoms with Crippen molar-refractivity contribution in [2.75, 3.05) is 12.4 Å². The summed E-state index contributed by atoms with van der Waals surface area (Å²) in [7, 11) is 1.66. The molecule has 0 radical (unpaired) electrons. The van der Waals surface area contributed by atoms with Crippen LogP contribution in [0, 0.1) is 11.8 Å². The van der Waals surface area contributed by atoms with Crippen LogP contribution in [0.1, 0.15) is 84.5 Å². The van der Waals surface area contributed by atoms with Crippen molar-refractivity contribution in [3.8, 4) is 16.9 Å².